The maximum Gasteiger partial charge on any atom is 0.235 e. The van der Waals surface area contributed by atoms with E-state index < -0.39 is 0 Å². The number of carbonyl (C=O) groups is 2. The first-order valence-corrected chi connectivity index (χ1v) is 9.31. The van der Waals surface area contributed by atoms with Crippen LogP contribution in [0.15, 0.2) is 53.1 Å². The zero-order valence-corrected chi connectivity index (χ0v) is 15.1. The number of carbonyl (C=O) groups excluding carboxylic acids is 2. The van der Waals surface area contributed by atoms with Gasteiger partial charge in [0.05, 0.1) is 11.5 Å². The van der Waals surface area contributed by atoms with E-state index in [0.717, 1.165) is 10.9 Å². The van der Waals surface area contributed by atoms with Crippen LogP contribution >= 0.6 is 11.8 Å². The molecule has 0 bridgehead atoms. The van der Waals surface area contributed by atoms with Crippen LogP contribution in [0, 0.1) is 6.92 Å². The van der Waals surface area contributed by atoms with Gasteiger partial charge in [0, 0.05) is 12.6 Å². The molecule has 3 aromatic rings. The average Bonchev–Trinajstić information content (AvgIpc) is 3.04. The molecule has 0 aliphatic heterocycles. The van der Waals surface area contributed by atoms with Crippen LogP contribution in [0.25, 0.3) is 10.8 Å². The van der Waals surface area contributed by atoms with E-state index in [1.165, 1.54) is 17.1 Å². The number of thioether (sulfide) groups is 1. The summed E-state index contributed by atoms with van der Waals surface area (Å²) in [6, 6.07) is 15.8. The van der Waals surface area contributed by atoms with Gasteiger partial charge in [0.25, 0.3) is 0 Å². The number of hydrogen-bond acceptors (Lipinski definition) is 5. The zero-order valence-electron chi connectivity index (χ0n) is 14.3. The first-order chi connectivity index (χ1) is 12.6. The van der Waals surface area contributed by atoms with Gasteiger partial charge in [-0.05, 0) is 29.3 Å². The molecule has 0 atom stereocenters. The summed E-state index contributed by atoms with van der Waals surface area (Å²) < 4.78 is 4.87. The highest BCUT2D eigenvalue weighted by Gasteiger charge is 2.08. The number of nitrogens with zero attached hydrogens (tertiary/aromatic N) is 1. The predicted molar refractivity (Wildman–Crippen MR) is 103 cm³/mol. The number of anilines is 1. The van der Waals surface area contributed by atoms with Crippen molar-refractivity contribution in [3.8, 4) is 0 Å². The van der Waals surface area contributed by atoms with Crippen molar-refractivity contribution >= 4 is 40.2 Å². The second kappa shape index (κ2) is 8.53. The number of amides is 2. The first-order valence-electron chi connectivity index (χ1n) is 8.15. The maximum absolute atomic E-state index is 11.9. The van der Waals surface area contributed by atoms with E-state index in [4.69, 9.17) is 4.52 Å². The van der Waals surface area contributed by atoms with E-state index in [0.29, 0.717) is 18.1 Å². The summed E-state index contributed by atoms with van der Waals surface area (Å²) in [6.07, 6.45) is 0. The van der Waals surface area contributed by atoms with Crippen LogP contribution in [0.3, 0.4) is 0 Å². The van der Waals surface area contributed by atoms with Gasteiger partial charge in [0.15, 0.2) is 5.82 Å². The van der Waals surface area contributed by atoms with Gasteiger partial charge in [0.1, 0.15) is 5.76 Å². The molecule has 26 heavy (non-hydrogen) atoms. The summed E-state index contributed by atoms with van der Waals surface area (Å²) >= 11 is 1.25. The monoisotopic (exact) mass is 369 g/mol. The van der Waals surface area contributed by atoms with Crippen LogP contribution in [0.4, 0.5) is 5.82 Å². The summed E-state index contributed by atoms with van der Waals surface area (Å²) in [5.41, 5.74) is 1.04. The molecule has 0 unspecified atom stereocenters. The predicted octanol–water partition coefficient (Wildman–Crippen LogP) is 3.12. The lowest BCUT2D eigenvalue weighted by Crippen LogP contribution is -2.25. The van der Waals surface area contributed by atoms with Gasteiger partial charge in [-0.1, -0.05) is 41.6 Å². The molecule has 0 saturated carbocycles. The number of hydrogen-bond donors (Lipinski definition) is 2. The third-order valence-corrected chi connectivity index (χ3v) is 4.60. The molecule has 0 saturated heterocycles. The molecule has 3 rings (SSSR count). The van der Waals surface area contributed by atoms with E-state index in [9.17, 15) is 9.59 Å². The highest BCUT2D eigenvalue weighted by atomic mass is 32.2. The summed E-state index contributed by atoms with van der Waals surface area (Å²) in [4.78, 5) is 23.7. The van der Waals surface area contributed by atoms with Gasteiger partial charge in [-0.2, -0.15) is 0 Å². The van der Waals surface area contributed by atoms with Crippen LogP contribution in [0.1, 0.15) is 11.3 Å². The second-order valence-electron chi connectivity index (χ2n) is 5.82. The van der Waals surface area contributed by atoms with Crippen LogP contribution < -0.4 is 10.6 Å². The number of rotatable bonds is 7. The molecule has 2 amide bonds. The summed E-state index contributed by atoms with van der Waals surface area (Å²) in [5.74, 6) is 1.09. The summed E-state index contributed by atoms with van der Waals surface area (Å²) in [7, 11) is 0. The molecule has 0 spiro atoms. The molecule has 1 aromatic heterocycles. The van der Waals surface area contributed by atoms with Crippen molar-refractivity contribution in [1.82, 2.24) is 10.5 Å². The molecule has 6 nitrogen and oxygen atoms in total. The van der Waals surface area contributed by atoms with E-state index in [-0.39, 0.29) is 23.3 Å². The molecule has 1 heterocycles. The van der Waals surface area contributed by atoms with Crippen molar-refractivity contribution in [3.63, 3.8) is 0 Å². The van der Waals surface area contributed by atoms with Gasteiger partial charge >= 0.3 is 0 Å². The molecule has 134 valence electrons. The standard InChI is InChI=1S/C19H19N3O3S/c1-13-8-17(22-25-13)21-19(24)12-26-11-18(23)20-10-14-6-7-15-4-2-3-5-16(15)9-14/h2-9H,10-12H2,1H3,(H,20,23)(H,21,22,24). The number of nitrogens with one attached hydrogen (secondary N) is 2. The van der Waals surface area contributed by atoms with Crippen molar-refractivity contribution in [1.29, 1.82) is 0 Å². The Kier molecular flexibility index (Phi) is 5.91. The average molecular weight is 369 g/mol. The fraction of sp³-hybridized carbons (Fsp3) is 0.211. The summed E-state index contributed by atoms with van der Waals surface area (Å²) in [6.45, 7) is 2.21. The van der Waals surface area contributed by atoms with Gasteiger partial charge in [-0.3, -0.25) is 9.59 Å². The second-order valence-corrected chi connectivity index (χ2v) is 6.81. The lowest BCUT2D eigenvalue weighted by Gasteiger charge is -2.07. The molecule has 0 fully saturated rings. The van der Waals surface area contributed by atoms with Crippen molar-refractivity contribution in [2.75, 3.05) is 16.8 Å². The molecule has 0 aliphatic rings. The van der Waals surface area contributed by atoms with E-state index >= 15 is 0 Å². The molecular formula is C19H19N3O3S. The molecule has 0 radical (unpaired) electrons. The Hall–Kier alpha value is -2.80. The molecule has 7 heteroatoms. The van der Waals surface area contributed by atoms with E-state index in [1.54, 1.807) is 13.0 Å². The van der Waals surface area contributed by atoms with Crippen molar-refractivity contribution in [3.05, 3.63) is 59.9 Å². The van der Waals surface area contributed by atoms with Gasteiger partial charge in [-0.15, -0.1) is 11.8 Å². The number of fused-ring (bicyclic) bond motifs is 1. The Labute approximate surface area is 155 Å². The third-order valence-electron chi connectivity index (χ3n) is 3.67. The van der Waals surface area contributed by atoms with Crippen molar-refractivity contribution in [2.45, 2.75) is 13.5 Å². The highest BCUT2D eigenvalue weighted by Crippen LogP contribution is 2.15. The number of aromatic nitrogens is 1. The Morgan fingerprint density at radius 3 is 2.58 bits per heavy atom. The van der Waals surface area contributed by atoms with E-state index in [1.807, 2.05) is 30.3 Å². The minimum Gasteiger partial charge on any atom is -0.360 e. The van der Waals surface area contributed by atoms with Gasteiger partial charge in [0.2, 0.25) is 11.8 Å². The molecule has 0 aliphatic carbocycles. The van der Waals surface area contributed by atoms with Gasteiger partial charge < -0.3 is 15.2 Å². The normalized spacial score (nSPS) is 10.7. The smallest absolute Gasteiger partial charge is 0.235 e. The van der Waals surface area contributed by atoms with Crippen molar-refractivity contribution < 1.29 is 14.1 Å². The molecule has 2 N–H and O–H groups in total. The maximum atomic E-state index is 11.9. The van der Waals surface area contributed by atoms with Crippen LogP contribution in [0.5, 0.6) is 0 Å². The van der Waals surface area contributed by atoms with E-state index in [2.05, 4.69) is 27.9 Å². The third kappa shape index (κ3) is 5.10. The number of aryl methyl sites for hydroxylation is 1. The molecule has 2 aromatic carbocycles. The molecular weight excluding hydrogens is 350 g/mol. The topological polar surface area (TPSA) is 84.2 Å². The van der Waals surface area contributed by atoms with Crippen molar-refractivity contribution in [2.24, 2.45) is 0 Å². The Morgan fingerprint density at radius 1 is 1.04 bits per heavy atom. The van der Waals surface area contributed by atoms with Gasteiger partial charge in [-0.25, -0.2) is 0 Å². The van der Waals surface area contributed by atoms with Crippen LogP contribution in [-0.2, 0) is 16.1 Å². The first kappa shape index (κ1) is 18.0. The quantitative estimate of drug-likeness (QED) is 0.668. The Balaban J connectivity index is 1.39. The van der Waals surface area contributed by atoms with Crippen LogP contribution in [0.2, 0.25) is 0 Å². The highest BCUT2D eigenvalue weighted by molar-refractivity contribution is 8.00. The Morgan fingerprint density at radius 2 is 1.81 bits per heavy atom. The SMILES string of the molecule is Cc1cc(NC(=O)CSCC(=O)NCc2ccc3ccccc3c2)no1. The fourth-order valence-corrected chi connectivity index (χ4v) is 3.09. The minimum absolute atomic E-state index is 0.103. The lowest BCUT2D eigenvalue weighted by atomic mass is 10.1. The Bertz CT molecular complexity index is 923. The lowest BCUT2D eigenvalue weighted by molar-refractivity contribution is -0.118. The minimum atomic E-state index is -0.217. The fourth-order valence-electron chi connectivity index (χ4n) is 2.44. The number of benzene rings is 2. The zero-order chi connectivity index (χ0) is 18.4. The largest absolute Gasteiger partial charge is 0.360 e. The van der Waals surface area contributed by atoms with Crippen LogP contribution in [-0.4, -0.2) is 28.5 Å². The summed E-state index contributed by atoms with van der Waals surface area (Å²) in [5, 5.41) is 11.5.